The van der Waals surface area contributed by atoms with Crippen LogP contribution >= 0.6 is 0 Å². The molecule has 1 rings (SSSR count). The molecule has 108 valence electrons. The molecule has 0 radical (unpaired) electrons. The normalized spacial score (nSPS) is 16.2. The van der Waals surface area contributed by atoms with Crippen molar-refractivity contribution in [1.82, 2.24) is 10.6 Å². The van der Waals surface area contributed by atoms with Crippen molar-refractivity contribution in [2.75, 3.05) is 0 Å². The second-order valence-corrected chi connectivity index (χ2v) is 6.49. The zero-order valence-corrected chi connectivity index (χ0v) is 12.1. The zero-order chi connectivity index (χ0) is 15.0. The van der Waals surface area contributed by atoms with Gasteiger partial charge in [0.25, 0.3) is 5.35 Å². The highest BCUT2D eigenvalue weighted by Crippen LogP contribution is 2.22. The third-order valence-corrected chi connectivity index (χ3v) is 2.66. The van der Waals surface area contributed by atoms with Crippen molar-refractivity contribution in [2.24, 2.45) is 10.8 Å². The van der Waals surface area contributed by atoms with Crippen LogP contribution in [0.15, 0.2) is 4.63 Å². The van der Waals surface area contributed by atoms with Gasteiger partial charge in [0.15, 0.2) is 4.60 Å². The molecule has 0 aliphatic rings. The Kier molecular flexibility index (Phi) is 3.81. The molecule has 0 aromatic carbocycles. The maximum absolute atomic E-state index is 12.3. The van der Waals surface area contributed by atoms with E-state index in [1.807, 2.05) is 26.3 Å². The minimum atomic E-state index is -0.739. The standard InChI is InChI=1S/C12H21N3O4/c1-11(2,3)9(13-17)7-8(15(18)19-14-7)10(16)12(4,5)6/h13H,1-6H3,(H2-,14,16,17,18). The predicted molar refractivity (Wildman–Crippen MR) is 66.3 cm³/mol. The van der Waals surface area contributed by atoms with E-state index in [2.05, 4.69) is 9.79 Å². The Morgan fingerprint density at radius 2 is 1.79 bits per heavy atom. The summed E-state index contributed by atoms with van der Waals surface area (Å²) in [5.41, 5.74) is 1.10. The van der Waals surface area contributed by atoms with E-state index in [4.69, 9.17) is 0 Å². The van der Waals surface area contributed by atoms with Crippen molar-refractivity contribution in [2.45, 2.75) is 41.5 Å². The first-order valence-electron chi connectivity index (χ1n) is 5.97. The van der Waals surface area contributed by atoms with E-state index < -0.39 is 10.8 Å². The van der Waals surface area contributed by atoms with E-state index in [9.17, 15) is 15.2 Å². The monoisotopic (exact) mass is 271 g/mol. The Bertz CT molecular complexity index is 626. The number of hydroxylamine groups is 1. The average Bonchev–Trinajstić information content (AvgIpc) is 2.57. The van der Waals surface area contributed by atoms with Crippen LogP contribution in [0.25, 0.3) is 11.5 Å². The minimum Gasteiger partial charge on any atom is -0.872 e. The van der Waals surface area contributed by atoms with Gasteiger partial charge in [-0.1, -0.05) is 57.1 Å². The lowest BCUT2D eigenvalue weighted by Gasteiger charge is -2.25. The van der Waals surface area contributed by atoms with Gasteiger partial charge in [-0.2, -0.15) is 0 Å². The summed E-state index contributed by atoms with van der Waals surface area (Å²) in [6.07, 6.45) is 0. The molecule has 7 heteroatoms. The van der Waals surface area contributed by atoms with Crippen molar-refractivity contribution in [3.05, 3.63) is 15.6 Å². The summed E-state index contributed by atoms with van der Waals surface area (Å²) in [6, 6.07) is 0. The number of hydrogen-bond acceptors (Lipinski definition) is 5. The summed E-state index contributed by atoms with van der Waals surface area (Å²) in [6.45, 7) is 10.6. The number of nitrogens with zero attached hydrogens (tertiary/aromatic N) is 1. The van der Waals surface area contributed by atoms with Gasteiger partial charge in [-0.05, 0) is 10.3 Å². The minimum absolute atomic E-state index is 0.131. The van der Waals surface area contributed by atoms with E-state index in [0.717, 1.165) is 0 Å². The van der Waals surface area contributed by atoms with Crippen LogP contribution in [0.4, 0.5) is 0 Å². The van der Waals surface area contributed by atoms with Crippen molar-refractivity contribution < 1.29 is 19.5 Å². The first-order chi connectivity index (χ1) is 8.50. The maximum atomic E-state index is 12.3. The molecule has 3 N–H and O–H groups in total. The van der Waals surface area contributed by atoms with E-state index in [0.29, 0.717) is 5.70 Å². The number of rotatable bonds is 1. The zero-order valence-electron chi connectivity index (χ0n) is 12.1. The average molecular weight is 271 g/mol. The number of nitrogens with one attached hydrogen (secondary N) is 2. The number of hydrogen-bond donors (Lipinski definition) is 3. The van der Waals surface area contributed by atoms with Gasteiger partial charge in [0.2, 0.25) is 5.35 Å². The van der Waals surface area contributed by atoms with Crippen LogP contribution < -0.4 is 25.9 Å². The lowest BCUT2D eigenvalue weighted by Crippen LogP contribution is -2.50. The first-order valence-corrected chi connectivity index (χ1v) is 5.97. The number of aromatic amines is 1. The summed E-state index contributed by atoms with van der Waals surface area (Å²) in [4.78, 5) is 11.7. The molecule has 1 aromatic heterocycles. The molecule has 1 heterocycles. The fraction of sp³-hybridized carbons (Fsp3) is 0.667. The Hall–Kier alpha value is -1.76. The molecule has 0 unspecified atom stereocenters. The Morgan fingerprint density at radius 1 is 1.26 bits per heavy atom. The second-order valence-electron chi connectivity index (χ2n) is 6.49. The highest BCUT2D eigenvalue weighted by atomic mass is 16.7. The van der Waals surface area contributed by atoms with E-state index >= 15 is 0 Å². The van der Waals surface area contributed by atoms with E-state index in [1.165, 1.54) is 0 Å². The van der Waals surface area contributed by atoms with Gasteiger partial charge in [-0.3, -0.25) is 10.7 Å². The quantitative estimate of drug-likeness (QED) is 0.578. The lowest BCUT2D eigenvalue weighted by molar-refractivity contribution is -0.725. The molecule has 0 amide bonds. The summed E-state index contributed by atoms with van der Waals surface area (Å²) in [5.74, 6) is -0.375. The molecule has 0 saturated heterocycles. The molecule has 1 aromatic rings. The molecular weight excluding hydrogens is 250 g/mol. The van der Waals surface area contributed by atoms with Crippen LogP contribution in [0.5, 0.6) is 0 Å². The fourth-order valence-electron chi connectivity index (χ4n) is 1.59. The van der Waals surface area contributed by atoms with Crippen LogP contribution in [0.3, 0.4) is 0 Å². The smallest absolute Gasteiger partial charge is 0.263 e. The van der Waals surface area contributed by atoms with Crippen LogP contribution in [-0.2, 0) is 0 Å². The van der Waals surface area contributed by atoms with Crippen LogP contribution in [0, 0.1) is 15.7 Å². The topological polar surface area (TPSA) is 107 Å². The maximum Gasteiger partial charge on any atom is 0.263 e. The third-order valence-electron chi connectivity index (χ3n) is 2.66. The van der Waals surface area contributed by atoms with Gasteiger partial charge in [0.05, 0.1) is 5.70 Å². The Balaban J connectivity index is 3.98. The van der Waals surface area contributed by atoms with Gasteiger partial charge in [-0.15, -0.1) is 0 Å². The van der Waals surface area contributed by atoms with Gasteiger partial charge in [0, 0.05) is 5.41 Å². The molecule has 19 heavy (non-hydrogen) atoms. The summed E-state index contributed by atoms with van der Waals surface area (Å²) >= 11 is 0. The van der Waals surface area contributed by atoms with E-state index in [-0.39, 0.29) is 21.1 Å². The molecule has 7 nitrogen and oxygen atoms in total. The molecular formula is C12H21N3O4. The molecule has 0 spiro atoms. The van der Waals surface area contributed by atoms with Crippen molar-refractivity contribution >= 4 is 11.5 Å². The molecule has 0 aliphatic heterocycles. The number of aromatic nitrogens is 2. The summed E-state index contributed by atoms with van der Waals surface area (Å²) in [7, 11) is 0. The van der Waals surface area contributed by atoms with Crippen LogP contribution in [0.2, 0.25) is 0 Å². The Morgan fingerprint density at radius 3 is 2.16 bits per heavy atom. The third kappa shape index (κ3) is 2.98. The first kappa shape index (κ1) is 15.3. The molecule has 0 saturated carbocycles. The molecule has 0 atom stereocenters. The van der Waals surface area contributed by atoms with Gasteiger partial charge in [0.1, 0.15) is 0 Å². The Labute approximate surface area is 110 Å². The molecule has 0 fully saturated rings. The highest BCUT2D eigenvalue weighted by Gasteiger charge is 2.25. The van der Waals surface area contributed by atoms with Crippen LogP contribution in [-0.4, -0.2) is 10.4 Å². The second kappa shape index (κ2) is 4.73. The van der Waals surface area contributed by atoms with Crippen molar-refractivity contribution in [3.8, 4) is 0 Å². The van der Waals surface area contributed by atoms with Gasteiger partial charge in [-0.25, -0.2) is 0 Å². The van der Waals surface area contributed by atoms with E-state index in [1.54, 1.807) is 20.8 Å². The lowest BCUT2D eigenvalue weighted by atomic mass is 9.90. The van der Waals surface area contributed by atoms with Gasteiger partial charge < -0.3 is 5.11 Å². The van der Waals surface area contributed by atoms with Crippen molar-refractivity contribution in [3.63, 3.8) is 0 Å². The summed E-state index contributed by atoms with van der Waals surface area (Å²) in [5, 5.41) is 23.9. The highest BCUT2D eigenvalue weighted by molar-refractivity contribution is 5.47. The summed E-state index contributed by atoms with van der Waals surface area (Å²) < 4.78 is 4.76. The van der Waals surface area contributed by atoms with Crippen LogP contribution in [0.1, 0.15) is 41.5 Å². The van der Waals surface area contributed by atoms with Crippen molar-refractivity contribution in [1.29, 1.82) is 0 Å². The fourth-order valence-corrected chi connectivity index (χ4v) is 1.59. The molecule has 0 bridgehead atoms. The largest absolute Gasteiger partial charge is 0.872 e. The predicted octanol–water partition coefficient (Wildman–Crippen LogP) is -0.830. The number of H-pyrrole nitrogens is 1. The van der Waals surface area contributed by atoms with Gasteiger partial charge >= 0.3 is 0 Å². The molecule has 0 aliphatic carbocycles. The SMILES string of the molecule is CC(C)(C)/C(NO)=c1/[nH]o[n+](=O)/c1=C(/[O-])C(C)(C)C.